The van der Waals surface area contributed by atoms with Crippen molar-refractivity contribution in [2.24, 2.45) is 0 Å². The molecular weight excluding hydrogens is 380 g/mol. The van der Waals surface area contributed by atoms with Crippen LogP contribution in [0.4, 0.5) is 5.00 Å². The lowest BCUT2D eigenvalue weighted by molar-refractivity contribution is -0.116. The van der Waals surface area contributed by atoms with Crippen molar-refractivity contribution in [2.45, 2.75) is 51.6 Å². The van der Waals surface area contributed by atoms with E-state index in [0.29, 0.717) is 18.5 Å². The molecule has 0 bridgehead atoms. The minimum Gasteiger partial charge on any atom is -0.333 e. The normalized spacial score (nSPS) is 19.2. The Bertz CT molecular complexity index is 910. The second-order valence-corrected chi connectivity index (χ2v) is 8.76. The van der Waals surface area contributed by atoms with E-state index < -0.39 is 0 Å². The van der Waals surface area contributed by atoms with E-state index in [1.165, 1.54) is 17.0 Å². The molecule has 1 atom stereocenters. The summed E-state index contributed by atoms with van der Waals surface area (Å²) in [7, 11) is 0. The topological polar surface area (TPSA) is 61.1 Å². The average molecular weight is 403 g/mol. The van der Waals surface area contributed by atoms with Crippen molar-refractivity contribution in [3.8, 4) is 6.07 Å². The SMILES string of the molecule is C[C@H]1c2ccc(Cl)n2CCN1CCC(=O)Nc1sc2c(c1C#N)CCCC2. The van der Waals surface area contributed by atoms with E-state index in [4.69, 9.17) is 11.6 Å². The van der Waals surface area contributed by atoms with Crippen LogP contribution in [0.25, 0.3) is 0 Å². The van der Waals surface area contributed by atoms with E-state index in [-0.39, 0.29) is 11.9 Å². The zero-order valence-electron chi connectivity index (χ0n) is 15.4. The molecule has 142 valence electrons. The van der Waals surface area contributed by atoms with Crippen molar-refractivity contribution < 1.29 is 4.79 Å². The van der Waals surface area contributed by atoms with Gasteiger partial charge in [0.2, 0.25) is 5.91 Å². The van der Waals surface area contributed by atoms with E-state index in [1.54, 1.807) is 11.3 Å². The van der Waals surface area contributed by atoms with Gasteiger partial charge in [-0.2, -0.15) is 5.26 Å². The van der Waals surface area contributed by atoms with E-state index in [2.05, 4.69) is 33.8 Å². The highest BCUT2D eigenvalue weighted by atomic mass is 35.5. The zero-order valence-corrected chi connectivity index (χ0v) is 17.0. The molecule has 1 amide bonds. The van der Waals surface area contributed by atoms with Crippen LogP contribution in [0.5, 0.6) is 0 Å². The fourth-order valence-corrected chi connectivity index (χ4v) is 5.68. The summed E-state index contributed by atoms with van der Waals surface area (Å²) in [5.41, 5.74) is 3.04. The van der Waals surface area contributed by atoms with Gasteiger partial charge in [0.05, 0.1) is 5.56 Å². The first-order valence-electron chi connectivity index (χ1n) is 9.52. The molecular formula is C20H23ClN4OS. The molecule has 4 rings (SSSR count). The van der Waals surface area contributed by atoms with Gasteiger partial charge >= 0.3 is 0 Å². The van der Waals surface area contributed by atoms with E-state index in [9.17, 15) is 10.1 Å². The molecule has 0 spiro atoms. The summed E-state index contributed by atoms with van der Waals surface area (Å²) >= 11 is 7.80. The molecule has 1 aliphatic heterocycles. The number of nitrogens with zero attached hydrogens (tertiary/aromatic N) is 3. The Labute approximate surface area is 168 Å². The molecule has 7 heteroatoms. The Kier molecular flexibility index (Phi) is 5.27. The average Bonchev–Trinajstić information content (AvgIpc) is 3.21. The third-order valence-corrected chi connectivity index (χ3v) is 7.25. The number of hydrogen-bond acceptors (Lipinski definition) is 4. The molecule has 27 heavy (non-hydrogen) atoms. The van der Waals surface area contributed by atoms with Crippen molar-refractivity contribution in [3.63, 3.8) is 0 Å². The fourth-order valence-electron chi connectivity index (χ4n) is 4.18. The van der Waals surface area contributed by atoms with Crippen LogP contribution < -0.4 is 5.32 Å². The number of thiophene rings is 1. The number of aromatic nitrogens is 1. The van der Waals surface area contributed by atoms with Gasteiger partial charge in [-0.05, 0) is 50.3 Å². The van der Waals surface area contributed by atoms with Crippen molar-refractivity contribution in [3.05, 3.63) is 39.0 Å². The highest BCUT2D eigenvalue weighted by Crippen LogP contribution is 2.37. The standard InChI is InChI=1S/C20H23ClN4OS/c1-13-16-6-7-18(21)25(16)11-10-24(13)9-8-19(26)23-20-15(12-22)14-4-2-3-5-17(14)27-20/h6-7,13H,2-5,8-11H2,1H3,(H,23,26)/t13-/m0/s1. The summed E-state index contributed by atoms with van der Waals surface area (Å²) in [5, 5.41) is 14.0. The third-order valence-electron chi connectivity index (χ3n) is 5.71. The van der Waals surface area contributed by atoms with Crippen molar-refractivity contribution in [1.82, 2.24) is 9.47 Å². The van der Waals surface area contributed by atoms with Crippen LogP contribution in [0.2, 0.25) is 5.15 Å². The largest absolute Gasteiger partial charge is 0.333 e. The number of aryl methyl sites for hydroxylation is 1. The van der Waals surface area contributed by atoms with Crippen LogP contribution in [-0.4, -0.2) is 28.5 Å². The zero-order chi connectivity index (χ0) is 19.0. The lowest BCUT2D eigenvalue weighted by Crippen LogP contribution is -2.38. The highest BCUT2D eigenvalue weighted by Gasteiger charge is 2.26. The third kappa shape index (κ3) is 3.52. The molecule has 2 aromatic heterocycles. The van der Waals surface area contributed by atoms with E-state index in [1.807, 2.05) is 6.07 Å². The van der Waals surface area contributed by atoms with Gasteiger partial charge < -0.3 is 9.88 Å². The highest BCUT2D eigenvalue weighted by molar-refractivity contribution is 7.16. The first-order valence-corrected chi connectivity index (χ1v) is 10.7. The van der Waals surface area contributed by atoms with E-state index >= 15 is 0 Å². The van der Waals surface area contributed by atoms with Gasteiger partial charge in [0.1, 0.15) is 16.2 Å². The molecule has 2 aliphatic rings. The molecule has 0 saturated carbocycles. The maximum atomic E-state index is 12.5. The predicted octanol–water partition coefficient (Wildman–Crippen LogP) is 4.36. The van der Waals surface area contributed by atoms with Gasteiger partial charge in [0.15, 0.2) is 0 Å². The fraction of sp³-hybridized carbons (Fsp3) is 0.500. The summed E-state index contributed by atoms with van der Waals surface area (Å²) in [6.45, 7) is 4.58. The molecule has 0 unspecified atom stereocenters. The molecule has 2 aromatic rings. The van der Waals surface area contributed by atoms with Gasteiger partial charge in [-0.15, -0.1) is 11.3 Å². The monoisotopic (exact) mass is 402 g/mol. The number of rotatable bonds is 4. The predicted molar refractivity (Wildman–Crippen MR) is 108 cm³/mol. The molecule has 0 aromatic carbocycles. The van der Waals surface area contributed by atoms with Gasteiger partial charge in [0, 0.05) is 42.7 Å². The molecule has 1 N–H and O–H groups in total. The van der Waals surface area contributed by atoms with Crippen LogP contribution in [0.15, 0.2) is 12.1 Å². The second kappa shape index (κ2) is 7.67. The summed E-state index contributed by atoms with van der Waals surface area (Å²) in [6, 6.07) is 6.54. The summed E-state index contributed by atoms with van der Waals surface area (Å²) in [4.78, 5) is 16.1. The number of anilines is 1. The van der Waals surface area contributed by atoms with Gasteiger partial charge in [-0.1, -0.05) is 11.6 Å². The van der Waals surface area contributed by atoms with Gasteiger partial charge in [0.25, 0.3) is 0 Å². The lowest BCUT2D eigenvalue weighted by Gasteiger charge is -2.35. The summed E-state index contributed by atoms with van der Waals surface area (Å²) in [6.07, 6.45) is 4.71. The van der Waals surface area contributed by atoms with Crippen LogP contribution in [0.3, 0.4) is 0 Å². The number of fused-ring (bicyclic) bond motifs is 2. The smallest absolute Gasteiger partial charge is 0.226 e. The number of carbonyl (C=O) groups is 1. The number of nitriles is 1. The molecule has 1 aliphatic carbocycles. The Hall–Kier alpha value is -1.81. The number of nitrogens with one attached hydrogen (secondary N) is 1. The molecule has 0 radical (unpaired) electrons. The summed E-state index contributed by atoms with van der Waals surface area (Å²) in [5.74, 6) is -0.0173. The van der Waals surface area contributed by atoms with Crippen LogP contribution >= 0.6 is 22.9 Å². The number of carbonyl (C=O) groups excluding carboxylic acids is 1. The minimum atomic E-state index is -0.0173. The molecule has 5 nitrogen and oxygen atoms in total. The van der Waals surface area contributed by atoms with Crippen LogP contribution in [0, 0.1) is 11.3 Å². The Morgan fingerprint density at radius 2 is 2.19 bits per heavy atom. The first kappa shape index (κ1) is 18.5. The lowest BCUT2D eigenvalue weighted by atomic mass is 9.96. The van der Waals surface area contributed by atoms with E-state index in [0.717, 1.165) is 48.1 Å². The maximum absolute atomic E-state index is 12.5. The van der Waals surface area contributed by atoms with Gasteiger partial charge in [-0.25, -0.2) is 0 Å². The van der Waals surface area contributed by atoms with Crippen LogP contribution in [0.1, 0.15) is 53.9 Å². The Morgan fingerprint density at radius 1 is 1.37 bits per heavy atom. The van der Waals surface area contributed by atoms with Gasteiger partial charge in [-0.3, -0.25) is 9.69 Å². The summed E-state index contributed by atoms with van der Waals surface area (Å²) < 4.78 is 2.14. The number of amides is 1. The van der Waals surface area contributed by atoms with Crippen molar-refractivity contribution >= 4 is 33.8 Å². The Morgan fingerprint density at radius 3 is 3.00 bits per heavy atom. The Balaban J connectivity index is 1.38. The van der Waals surface area contributed by atoms with Crippen LogP contribution in [-0.2, 0) is 24.2 Å². The quantitative estimate of drug-likeness (QED) is 0.826. The van der Waals surface area contributed by atoms with Crippen molar-refractivity contribution in [1.29, 1.82) is 5.26 Å². The maximum Gasteiger partial charge on any atom is 0.226 e. The molecule has 3 heterocycles. The molecule has 0 fully saturated rings. The first-order chi connectivity index (χ1) is 13.1. The number of hydrogen-bond donors (Lipinski definition) is 1. The molecule has 0 saturated heterocycles. The minimum absolute atomic E-state index is 0.0173. The van der Waals surface area contributed by atoms with Crippen molar-refractivity contribution in [2.75, 3.05) is 18.4 Å². The second-order valence-electron chi connectivity index (χ2n) is 7.27. The number of halogens is 1.